The quantitative estimate of drug-likeness (QED) is 0.362. The molecule has 0 atom stereocenters. The van der Waals surface area contributed by atoms with Crippen molar-refractivity contribution >= 4 is 5.71 Å². The van der Waals surface area contributed by atoms with E-state index < -0.39 is 0 Å². The molecule has 1 aromatic rings. The fraction of sp³-hybridized carbons (Fsp3) is 0. The lowest BCUT2D eigenvalue weighted by atomic mass is 10.2. The molecular formula is C7H5N3O. The molecule has 0 aliphatic heterocycles. The van der Waals surface area contributed by atoms with E-state index in [0.29, 0.717) is 5.56 Å². The lowest BCUT2D eigenvalue weighted by Gasteiger charge is -1.91. The summed E-state index contributed by atoms with van der Waals surface area (Å²) in [5, 5.41) is 19.5. The van der Waals surface area contributed by atoms with Gasteiger partial charge in [0.25, 0.3) is 0 Å². The number of nitrogens with zero attached hydrogens (tertiary/aromatic N) is 3. The van der Waals surface area contributed by atoms with Crippen LogP contribution in [-0.4, -0.2) is 15.9 Å². The molecule has 1 heterocycles. The van der Waals surface area contributed by atoms with Gasteiger partial charge in [-0.15, -0.1) is 0 Å². The summed E-state index contributed by atoms with van der Waals surface area (Å²) in [5.74, 6) is 0. The van der Waals surface area contributed by atoms with Gasteiger partial charge in [-0.3, -0.25) is 4.98 Å². The lowest BCUT2D eigenvalue weighted by molar-refractivity contribution is 0.320. The lowest BCUT2D eigenvalue weighted by Crippen LogP contribution is -1.96. The van der Waals surface area contributed by atoms with Crippen LogP contribution in [0.25, 0.3) is 0 Å². The summed E-state index contributed by atoms with van der Waals surface area (Å²) < 4.78 is 0. The van der Waals surface area contributed by atoms with Crippen LogP contribution < -0.4 is 0 Å². The van der Waals surface area contributed by atoms with Gasteiger partial charge in [-0.1, -0.05) is 5.16 Å². The standard InChI is InChI=1S/C7H5N3O/c8-5-7(10-11)6-1-3-9-4-2-6/h1-4,11H/b10-7-. The summed E-state index contributed by atoms with van der Waals surface area (Å²) in [4.78, 5) is 3.75. The van der Waals surface area contributed by atoms with E-state index in [-0.39, 0.29) is 5.71 Å². The van der Waals surface area contributed by atoms with Crippen molar-refractivity contribution in [1.82, 2.24) is 4.98 Å². The molecule has 4 heteroatoms. The molecule has 0 aliphatic rings. The van der Waals surface area contributed by atoms with Crippen molar-refractivity contribution in [3.8, 4) is 6.07 Å². The summed E-state index contributed by atoms with van der Waals surface area (Å²) in [6.07, 6.45) is 3.05. The molecular weight excluding hydrogens is 142 g/mol. The number of oxime groups is 1. The zero-order chi connectivity index (χ0) is 8.10. The second-order valence-electron chi connectivity index (χ2n) is 1.80. The average Bonchev–Trinajstić information content (AvgIpc) is 2.09. The molecule has 11 heavy (non-hydrogen) atoms. The Morgan fingerprint density at radius 2 is 2.18 bits per heavy atom. The van der Waals surface area contributed by atoms with Gasteiger partial charge in [-0.25, -0.2) is 0 Å². The van der Waals surface area contributed by atoms with Crippen LogP contribution in [0.3, 0.4) is 0 Å². The normalized spacial score (nSPS) is 10.6. The van der Waals surface area contributed by atoms with Gasteiger partial charge in [-0.05, 0) is 12.1 Å². The minimum atomic E-state index is -0.00704. The number of pyridine rings is 1. The minimum Gasteiger partial charge on any atom is -0.410 e. The predicted molar refractivity (Wildman–Crippen MR) is 38.2 cm³/mol. The van der Waals surface area contributed by atoms with Crippen molar-refractivity contribution < 1.29 is 5.21 Å². The Labute approximate surface area is 63.4 Å². The van der Waals surface area contributed by atoms with E-state index in [2.05, 4.69) is 10.1 Å². The number of hydrogen-bond acceptors (Lipinski definition) is 4. The first-order valence-electron chi connectivity index (χ1n) is 2.91. The van der Waals surface area contributed by atoms with E-state index in [1.807, 2.05) is 0 Å². The maximum Gasteiger partial charge on any atom is 0.186 e. The smallest absolute Gasteiger partial charge is 0.186 e. The summed E-state index contributed by atoms with van der Waals surface area (Å²) >= 11 is 0. The van der Waals surface area contributed by atoms with Crippen molar-refractivity contribution in [3.63, 3.8) is 0 Å². The largest absolute Gasteiger partial charge is 0.410 e. The Hall–Kier alpha value is -1.89. The van der Waals surface area contributed by atoms with Crippen LogP contribution in [0.5, 0.6) is 0 Å². The highest BCUT2D eigenvalue weighted by Crippen LogP contribution is 1.97. The van der Waals surface area contributed by atoms with E-state index in [9.17, 15) is 0 Å². The monoisotopic (exact) mass is 147 g/mol. The van der Waals surface area contributed by atoms with E-state index in [4.69, 9.17) is 10.5 Å². The van der Waals surface area contributed by atoms with Gasteiger partial charge in [-0.2, -0.15) is 5.26 Å². The summed E-state index contributed by atoms with van der Waals surface area (Å²) in [5.41, 5.74) is 0.553. The molecule has 1 rings (SSSR count). The first kappa shape index (κ1) is 7.22. The second-order valence-corrected chi connectivity index (χ2v) is 1.80. The molecule has 0 unspecified atom stereocenters. The average molecular weight is 147 g/mol. The second kappa shape index (κ2) is 3.32. The fourth-order valence-electron chi connectivity index (χ4n) is 0.654. The van der Waals surface area contributed by atoms with Gasteiger partial charge in [0.2, 0.25) is 0 Å². The Morgan fingerprint density at radius 1 is 1.55 bits per heavy atom. The first-order valence-corrected chi connectivity index (χ1v) is 2.91. The number of hydrogen-bond donors (Lipinski definition) is 1. The van der Waals surface area contributed by atoms with Crippen molar-refractivity contribution in [2.75, 3.05) is 0 Å². The highest BCUT2D eigenvalue weighted by atomic mass is 16.4. The highest BCUT2D eigenvalue weighted by molar-refractivity contribution is 6.11. The van der Waals surface area contributed by atoms with Crippen LogP contribution in [-0.2, 0) is 0 Å². The van der Waals surface area contributed by atoms with E-state index in [1.54, 1.807) is 18.2 Å². The van der Waals surface area contributed by atoms with Crippen LogP contribution in [0.15, 0.2) is 29.7 Å². The number of rotatable bonds is 1. The maximum absolute atomic E-state index is 8.42. The molecule has 0 saturated carbocycles. The molecule has 0 saturated heterocycles. The van der Waals surface area contributed by atoms with Crippen LogP contribution >= 0.6 is 0 Å². The van der Waals surface area contributed by atoms with Crippen LogP contribution in [0.4, 0.5) is 0 Å². The molecule has 0 bridgehead atoms. The maximum atomic E-state index is 8.42. The number of nitriles is 1. The van der Waals surface area contributed by atoms with Crippen molar-refractivity contribution in [2.24, 2.45) is 5.16 Å². The van der Waals surface area contributed by atoms with Crippen LogP contribution in [0.2, 0.25) is 0 Å². The van der Waals surface area contributed by atoms with Gasteiger partial charge in [0, 0.05) is 18.0 Å². The molecule has 0 aromatic carbocycles. The minimum absolute atomic E-state index is 0.00704. The SMILES string of the molecule is N#C/C(=N/O)c1ccncc1. The van der Waals surface area contributed by atoms with Crippen molar-refractivity contribution in [1.29, 1.82) is 5.26 Å². The van der Waals surface area contributed by atoms with Gasteiger partial charge < -0.3 is 5.21 Å². The molecule has 0 fully saturated rings. The van der Waals surface area contributed by atoms with Crippen molar-refractivity contribution in [3.05, 3.63) is 30.1 Å². The summed E-state index contributed by atoms with van der Waals surface area (Å²) in [6, 6.07) is 4.93. The Balaban J connectivity index is 3.05. The zero-order valence-corrected chi connectivity index (χ0v) is 5.60. The Morgan fingerprint density at radius 3 is 2.64 bits per heavy atom. The van der Waals surface area contributed by atoms with E-state index >= 15 is 0 Å². The summed E-state index contributed by atoms with van der Waals surface area (Å²) in [7, 11) is 0. The van der Waals surface area contributed by atoms with Gasteiger partial charge in [0.1, 0.15) is 6.07 Å². The molecule has 0 radical (unpaired) electrons. The molecule has 1 aromatic heterocycles. The zero-order valence-electron chi connectivity index (χ0n) is 5.60. The molecule has 4 nitrogen and oxygen atoms in total. The van der Waals surface area contributed by atoms with Gasteiger partial charge in [0.15, 0.2) is 5.71 Å². The molecule has 0 aliphatic carbocycles. The van der Waals surface area contributed by atoms with E-state index in [0.717, 1.165) is 0 Å². The first-order chi connectivity index (χ1) is 5.38. The summed E-state index contributed by atoms with van der Waals surface area (Å²) in [6.45, 7) is 0. The van der Waals surface area contributed by atoms with Crippen LogP contribution in [0, 0.1) is 11.3 Å². The predicted octanol–water partition coefficient (Wildman–Crippen LogP) is 0.783. The fourth-order valence-corrected chi connectivity index (χ4v) is 0.654. The molecule has 0 amide bonds. The van der Waals surface area contributed by atoms with Gasteiger partial charge >= 0.3 is 0 Å². The number of aromatic nitrogens is 1. The van der Waals surface area contributed by atoms with E-state index in [1.165, 1.54) is 12.4 Å². The van der Waals surface area contributed by atoms with Gasteiger partial charge in [0.05, 0.1) is 0 Å². The van der Waals surface area contributed by atoms with Crippen LogP contribution in [0.1, 0.15) is 5.56 Å². The molecule has 0 spiro atoms. The third kappa shape index (κ3) is 1.52. The third-order valence-corrected chi connectivity index (χ3v) is 1.16. The topological polar surface area (TPSA) is 69.3 Å². The highest BCUT2D eigenvalue weighted by Gasteiger charge is 1.99. The molecule has 1 N–H and O–H groups in total. The molecule has 54 valence electrons. The Kier molecular flexibility index (Phi) is 2.18. The Bertz CT molecular complexity index is 299. The van der Waals surface area contributed by atoms with Crippen molar-refractivity contribution in [2.45, 2.75) is 0 Å². The third-order valence-electron chi connectivity index (χ3n) is 1.16.